The maximum absolute atomic E-state index is 12.5. The minimum atomic E-state index is -0.697. The van der Waals surface area contributed by atoms with E-state index in [0.717, 1.165) is 0 Å². The van der Waals surface area contributed by atoms with Gasteiger partial charge in [0.2, 0.25) is 0 Å². The van der Waals surface area contributed by atoms with Gasteiger partial charge in [0.25, 0.3) is 0 Å². The molecular weight excluding hydrogens is 292 g/mol. The molecule has 0 bridgehead atoms. The van der Waals surface area contributed by atoms with E-state index >= 15 is 0 Å². The number of esters is 1. The predicted molar refractivity (Wildman–Crippen MR) is 87.4 cm³/mol. The molecule has 0 spiro atoms. The first kappa shape index (κ1) is 16.9. The van der Waals surface area contributed by atoms with Crippen LogP contribution in [0.25, 0.3) is 0 Å². The van der Waals surface area contributed by atoms with Crippen LogP contribution in [0.5, 0.6) is 0 Å². The lowest BCUT2D eigenvalue weighted by Crippen LogP contribution is -2.19. The SMILES string of the molecule is CC(O)COC(=O)[C@@H](C)c1cccc(C(=O)c2ccccc2)c1. The van der Waals surface area contributed by atoms with Gasteiger partial charge in [-0.3, -0.25) is 9.59 Å². The van der Waals surface area contributed by atoms with E-state index < -0.39 is 18.0 Å². The molecule has 2 aromatic rings. The van der Waals surface area contributed by atoms with Crippen molar-refractivity contribution in [1.29, 1.82) is 0 Å². The summed E-state index contributed by atoms with van der Waals surface area (Å²) in [5.74, 6) is -1.01. The van der Waals surface area contributed by atoms with Gasteiger partial charge in [-0.1, -0.05) is 48.5 Å². The second-order valence-electron chi connectivity index (χ2n) is 5.52. The Labute approximate surface area is 135 Å². The number of hydrogen-bond acceptors (Lipinski definition) is 4. The third kappa shape index (κ3) is 4.50. The van der Waals surface area contributed by atoms with Crippen LogP contribution in [0.4, 0.5) is 0 Å². The molecule has 2 rings (SSSR count). The maximum Gasteiger partial charge on any atom is 0.313 e. The van der Waals surface area contributed by atoms with Crippen molar-refractivity contribution in [3.63, 3.8) is 0 Å². The molecule has 1 N–H and O–H groups in total. The third-order valence-corrected chi connectivity index (χ3v) is 3.51. The summed E-state index contributed by atoms with van der Waals surface area (Å²) in [6, 6.07) is 16.0. The highest BCUT2D eigenvalue weighted by Crippen LogP contribution is 2.20. The molecule has 0 saturated carbocycles. The summed E-state index contributed by atoms with van der Waals surface area (Å²) in [5, 5.41) is 9.17. The highest BCUT2D eigenvalue weighted by atomic mass is 16.5. The minimum absolute atomic E-state index is 0.0359. The Balaban J connectivity index is 2.16. The van der Waals surface area contributed by atoms with E-state index in [-0.39, 0.29) is 12.4 Å². The van der Waals surface area contributed by atoms with Gasteiger partial charge in [0, 0.05) is 11.1 Å². The van der Waals surface area contributed by atoms with Crippen LogP contribution in [0.15, 0.2) is 54.6 Å². The minimum Gasteiger partial charge on any atom is -0.462 e. The van der Waals surface area contributed by atoms with Gasteiger partial charge in [-0.05, 0) is 25.5 Å². The number of carbonyl (C=O) groups is 2. The number of ether oxygens (including phenoxy) is 1. The summed E-state index contributed by atoms with van der Waals surface area (Å²) >= 11 is 0. The fraction of sp³-hybridized carbons (Fsp3) is 0.263. The van der Waals surface area contributed by atoms with Crippen molar-refractivity contribution in [3.8, 4) is 0 Å². The molecule has 0 saturated heterocycles. The van der Waals surface area contributed by atoms with E-state index in [9.17, 15) is 14.7 Å². The Morgan fingerprint density at radius 3 is 2.30 bits per heavy atom. The lowest BCUT2D eigenvalue weighted by atomic mass is 9.96. The zero-order valence-corrected chi connectivity index (χ0v) is 13.2. The van der Waals surface area contributed by atoms with Crippen molar-refractivity contribution >= 4 is 11.8 Å². The zero-order chi connectivity index (χ0) is 16.8. The monoisotopic (exact) mass is 312 g/mol. The Morgan fingerprint density at radius 1 is 1.00 bits per heavy atom. The van der Waals surface area contributed by atoms with Crippen LogP contribution in [-0.4, -0.2) is 29.6 Å². The highest BCUT2D eigenvalue weighted by molar-refractivity contribution is 6.09. The second kappa shape index (κ2) is 7.70. The number of aliphatic hydroxyl groups is 1. The standard InChI is InChI=1S/C19H20O4/c1-13(20)12-23-19(22)14(2)16-9-6-10-17(11-16)18(21)15-7-4-3-5-8-15/h3-11,13-14,20H,12H2,1-2H3/t13?,14-/m0/s1. The molecule has 0 aliphatic carbocycles. The fourth-order valence-corrected chi connectivity index (χ4v) is 2.17. The summed E-state index contributed by atoms with van der Waals surface area (Å²) in [7, 11) is 0. The van der Waals surface area contributed by atoms with E-state index in [2.05, 4.69) is 0 Å². The lowest BCUT2D eigenvalue weighted by Gasteiger charge is -2.13. The highest BCUT2D eigenvalue weighted by Gasteiger charge is 2.19. The van der Waals surface area contributed by atoms with E-state index in [4.69, 9.17) is 4.74 Å². The molecule has 2 atom stereocenters. The van der Waals surface area contributed by atoms with Gasteiger partial charge in [0.1, 0.15) is 6.61 Å². The quantitative estimate of drug-likeness (QED) is 0.658. The summed E-state index contributed by atoms with van der Waals surface area (Å²) in [6.45, 7) is 3.24. The molecule has 1 unspecified atom stereocenters. The Kier molecular flexibility index (Phi) is 5.66. The van der Waals surface area contributed by atoms with Crippen molar-refractivity contribution < 1.29 is 19.4 Å². The summed E-state index contributed by atoms with van der Waals surface area (Å²) in [4.78, 5) is 24.4. The van der Waals surface area contributed by atoms with Crippen LogP contribution in [-0.2, 0) is 9.53 Å². The first-order chi connectivity index (χ1) is 11.0. The molecule has 0 fully saturated rings. The molecule has 0 aromatic heterocycles. The van der Waals surface area contributed by atoms with Crippen LogP contribution in [0, 0.1) is 0 Å². The normalized spacial score (nSPS) is 13.2. The Morgan fingerprint density at radius 2 is 1.65 bits per heavy atom. The number of carbonyl (C=O) groups excluding carboxylic acids is 2. The molecular formula is C19H20O4. The number of benzene rings is 2. The van der Waals surface area contributed by atoms with E-state index in [1.54, 1.807) is 50.2 Å². The zero-order valence-electron chi connectivity index (χ0n) is 13.2. The van der Waals surface area contributed by atoms with Gasteiger partial charge >= 0.3 is 5.97 Å². The van der Waals surface area contributed by atoms with Crippen molar-refractivity contribution in [2.45, 2.75) is 25.9 Å². The molecule has 120 valence electrons. The van der Waals surface area contributed by atoms with Crippen LogP contribution >= 0.6 is 0 Å². The van der Waals surface area contributed by atoms with Crippen molar-refractivity contribution in [3.05, 3.63) is 71.3 Å². The third-order valence-electron chi connectivity index (χ3n) is 3.51. The fourth-order valence-electron chi connectivity index (χ4n) is 2.17. The summed E-state index contributed by atoms with van der Waals surface area (Å²) in [5.41, 5.74) is 1.85. The Hall–Kier alpha value is -2.46. The summed E-state index contributed by atoms with van der Waals surface area (Å²) < 4.78 is 5.03. The first-order valence-electron chi connectivity index (χ1n) is 7.53. The van der Waals surface area contributed by atoms with Gasteiger partial charge in [-0.2, -0.15) is 0 Å². The van der Waals surface area contributed by atoms with Crippen LogP contribution in [0.3, 0.4) is 0 Å². The van der Waals surface area contributed by atoms with Gasteiger partial charge in [0.15, 0.2) is 5.78 Å². The van der Waals surface area contributed by atoms with Crippen LogP contribution < -0.4 is 0 Å². The smallest absolute Gasteiger partial charge is 0.313 e. The van der Waals surface area contributed by atoms with Gasteiger partial charge in [-0.15, -0.1) is 0 Å². The molecule has 0 aliphatic heterocycles. The molecule has 0 radical (unpaired) electrons. The molecule has 0 heterocycles. The van der Waals surface area contributed by atoms with E-state index in [0.29, 0.717) is 16.7 Å². The molecule has 23 heavy (non-hydrogen) atoms. The molecule has 4 nitrogen and oxygen atoms in total. The van der Waals surface area contributed by atoms with Crippen LogP contribution in [0.1, 0.15) is 41.3 Å². The number of aliphatic hydroxyl groups excluding tert-OH is 1. The molecule has 0 aliphatic rings. The van der Waals surface area contributed by atoms with Gasteiger partial charge in [-0.25, -0.2) is 0 Å². The Bertz CT molecular complexity index is 677. The van der Waals surface area contributed by atoms with E-state index in [1.807, 2.05) is 18.2 Å². The molecule has 4 heteroatoms. The van der Waals surface area contributed by atoms with Crippen LogP contribution in [0.2, 0.25) is 0 Å². The average Bonchev–Trinajstić information content (AvgIpc) is 2.59. The first-order valence-corrected chi connectivity index (χ1v) is 7.53. The van der Waals surface area contributed by atoms with Crippen molar-refractivity contribution in [2.75, 3.05) is 6.61 Å². The van der Waals surface area contributed by atoms with Gasteiger partial charge in [0.05, 0.1) is 12.0 Å². The number of ketones is 1. The topological polar surface area (TPSA) is 63.6 Å². The van der Waals surface area contributed by atoms with Crippen molar-refractivity contribution in [2.24, 2.45) is 0 Å². The van der Waals surface area contributed by atoms with E-state index in [1.165, 1.54) is 0 Å². The second-order valence-corrected chi connectivity index (χ2v) is 5.52. The maximum atomic E-state index is 12.5. The largest absolute Gasteiger partial charge is 0.462 e. The predicted octanol–water partition coefficient (Wildman–Crippen LogP) is 2.95. The number of hydrogen-bond donors (Lipinski definition) is 1. The molecule has 2 aromatic carbocycles. The van der Waals surface area contributed by atoms with Gasteiger partial charge < -0.3 is 9.84 Å². The lowest BCUT2D eigenvalue weighted by molar-refractivity contribution is -0.147. The average molecular weight is 312 g/mol. The van der Waals surface area contributed by atoms with Crippen molar-refractivity contribution in [1.82, 2.24) is 0 Å². The summed E-state index contributed by atoms with van der Waals surface area (Å²) in [6.07, 6.45) is -0.697. The number of rotatable bonds is 6. The molecule has 0 amide bonds.